The Kier molecular flexibility index (Phi) is 13.2. The molecule has 1 aromatic carbocycles. The van der Waals surface area contributed by atoms with Gasteiger partial charge in [0.1, 0.15) is 12.2 Å². The van der Waals surface area contributed by atoms with Crippen LogP contribution in [0.25, 0.3) is 0 Å². The van der Waals surface area contributed by atoms with Gasteiger partial charge in [0.25, 0.3) is 0 Å². The number of aromatic hydroxyl groups is 1. The SMILES string of the molecule is CCCCCC(CC(OC(=O)C1(CCOC)CCCCC1)C1(Cc2ccc(O)c(OC)c2)CCNCC1)OC(C)=O. The van der Waals surface area contributed by atoms with Crippen molar-refractivity contribution in [1.82, 2.24) is 5.32 Å². The van der Waals surface area contributed by atoms with Gasteiger partial charge in [-0.15, -0.1) is 0 Å². The standard InChI is InChI=1S/C33H53NO7/c1-5-6-8-11-27(40-25(2)35)23-30(41-31(37)32(18-21-38-3)14-9-7-10-15-32)33(16-19-34-20-17-33)24-26-12-13-28(36)29(22-26)39-4/h12-13,22,27,30,34,36H,5-11,14-21,23-24H2,1-4H3. The van der Waals surface area contributed by atoms with E-state index in [-0.39, 0.29) is 29.2 Å². The maximum absolute atomic E-state index is 14.2. The molecule has 41 heavy (non-hydrogen) atoms. The predicted molar refractivity (Wildman–Crippen MR) is 159 cm³/mol. The zero-order valence-corrected chi connectivity index (χ0v) is 25.8. The fourth-order valence-electron chi connectivity index (χ4n) is 6.86. The molecule has 2 fully saturated rings. The molecule has 1 heterocycles. The third-order valence-corrected chi connectivity index (χ3v) is 9.30. The van der Waals surface area contributed by atoms with Crippen molar-refractivity contribution in [3.8, 4) is 11.5 Å². The number of hydrogen-bond acceptors (Lipinski definition) is 8. The van der Waals surface area contributed by atoms with Gasteiger partial charge in [-0.2, -0.15) is 0 Å². The first kappa shape index (κ1) is 33.2. The van der Waals surface area contributed by atoms with Gasteiger partial charge in [-0.1, -0.05) is 45.1 Å². The van der Waals surface area contributed by atoms with E-state index >= 15 is 0 Å². The number of ether oxygens (including phenoxy) is 4. The highest BCUT2D eigenvalue weighted by Crippen LogP contribution is 2.46. The molecule has 3 rings (SSSR count). The highest BCUT2D eigenvalue weighted by atomic mass is 16.6. The van der Waals surface area contributed by atoms with E-state index in [1.165, 1.54) is 6.92 Å². The number of hydrogen-bond donors (Lipinski definition) is 2. The lowest BCUT2D eigenvalue weighted by Gasteiger charge is -2.46. The number of unbranched alkanes of at least 4 members (excludes halogenated alkanes) is 2. The summed E-state index contributed by atoms with van der Waals surface area (Å²) in [7, 11) is 3.23. The van der Waals surface area contributed by atoms with Crippen LogP contribution in [-0.2, 0) is 30.2 Å². The summed E-state index contributed by atoms with van der Waals surface area (Å²) >= 11 is 0. The Balaban J connectivity index is 1.99. The number of carbonyl (C=O) groups excluding carboxylic acids is 2. The third-order valence-electron chi connectivity index (χ3n) is 9.30. The van der Waals surface area contributed by atoms with Crippen LogP contribution in [0.15, 0.2) is 18.2 Å². The smallest absolute Gasteiger partial charge is 0.312 e. The molecule has 1 aliphatic carbocycles. The zero-order chi connectivity index (χ0) is 29.7. The molecular weight excluding hydrogens is 522 g/mol. The second kappa shape index (κ2) is 16.4. The van der Waals surface area contributed by atoms with E-state index in [1.54, 1.807) is 20.3 Å². The number of phenols is 1. The van der Waals surface area contributed by atoms with E-state index in [4.69, 9.17) is 18.9 Å². The van der Waals surface area contributed by atoms with Gasteiger partial charge in [0.15, 0.2) is 11.5 Å². The number of phenolic OH excluding ortho intramolecular Hbond substituents is 1. The summed E-state index contributed by atoms with van der Waals surface area (Å²) in [5, 5.41) is 13.7. The monoisotopic (exact) mass is 575 g/mol. The van der Waals surface area contributed by atoms with Crippen molar-refractivity contribution in [2.75, 3.05) is 33.9 Å². The molecule has 1 aromatic rings. The van der Waals surface area contributed by atoms with E-state index in [1.807, 2.05) is 12.1 Å². The summed E-state index contributed by atoms with van der Waals surface area (Å²) in [5.74, 6) is 0.0960. The zero-order valence-electron chi connectivity index (χ0n) is 25.8. The topological polar surface area (TPSA) is 103 Å². The maximum Gasteiger partial charge on any atom is 0.312 e. The maximum atomic E-state index is 14.2. The molecule has 0 amide bonds. The number of benzene rings is 1. The Morgan fingerprint density at radius 2 is 1.76 bits per heavy atom. The van der Waals surface area contributed by atoms with Gasteiger partial charge in [-0.3, -0.25) is 9.59 Å². The number of methoxy groups -OCH3 is 2. The molecule has 8 heteroatoms. The minimum Gasteiger partial charge on any atom is -0.504 e. The second-order valence-corrected chi connectivity index (χ2v) is 12.2. The highest BCUT2D eigenvalue weighted by molar-refractivity contribution is 5.77. The van der Waals surface area contributed by atoms with E-state index in [0.29, 0.717) is 31.6 Å². The van der Waals surface area contributed by atoms with Crippen LogP contribution in [0.5, 0.6) is 11.5 Å². The summed E-state index contributed by atoms with van der Waals surface area (Å²) in [6, 6.07) is 5.47. The van der Waals surface area contributed by atoms with Gasteiger partial charge in [0.2, 0.25) is 0 Å². The molecule has 2 N–H and O–H groups in total. The summed E-state index contributed by atoms with van der Waals surface area (Å²) < 4.78 is 23.4. The molecule has 8 nitrogen and oxygen atoms in total. The summed E-state index contributed by atoms with van der Waals surface area (Å²) in [6.45, 7) is 5.76. The van der Waals surface area contributed by atoms with Gasteiger partial charge >= 0.3 is 11.9 Å². The fraction of sp³-hybridized carbons (Fsp3) is 0.758. The summed E-state index contributed by atoms with van der Waals surface area (Å²) in [4.78, 5) is 26.4. The molecule has 2 unspecified atom stereocenters. The van der Waals surface area contributed by atoms with E-state index in [2.05, 4.69) is 12.2 Å². The van der Waals surface area contributed by atoms with E-state index < -0.39 is 11.5 Å². The fourth-order valence-corrected chi connectivity index (χ4v) is 6.86. The van der Waals surface area contributed by atoms with Crippen molar-refractivity contribution < 1.29 is 33.6 Å². The molecule has 0 radical (unpaired) electrons. The molecular formula is C33H53NO7. The first-order chi connectivity index (χ1) is 19.8. The quantitative estimate of drug-likeness (QED) is 0.180. The lowest BCUT2D eigenvalue weighted by molar-refractivity contribution is -0.178. The van der Waals surface area contributed by atoms with Gasteiger partial charge in [0, 0.05) is 32.5 Å². The van der Waals surface area contributed by atoms with Crippen molar-refractivity contribution in [3.05, 3.63) is 23.8 Å². The summed E-state index contributed by atoms with van der Waals surface area (Å²) in [6.07, 6.45) is 11.3. The Bertz CT molecular complexity index is 953. The average Bonchev–Trinajstić information content (AvgIpc) is 2.97. The Hall–Kier alpha value is -2.32. The van der Waals surface area contributed by atoms with E-state index in [0.717, 1.165) is 89.3 Å². The van der Waals surface area contributed by atoms with Crippen LogP contribution in [0, 0.1) is 10.8 Å². The molecule has 2 aliphatic rings. The highest BCUT2D eigenvalue weighted by Gasteiger charge is 2.48. The van der Waals surface area contributed by atoms with Crippen molar-refractivity contribution in [2.24, 2.45) is 10.8 Å². The van der Waals surface area contributed by atoms with Crippen LogP contribution in [0.4, 0.5) is 0 Å². The molecule has 0 aromatic heterocycles. The number of nitrogens with one attached hydrogen (secondary N) is 1. The number of carbonyl (C=O) groups is 2. The normalized spacial score (nSPS) is 19.6. The van der Waals surface area contributed by atoms with Crippen LogP contribution in [0.1, 0.15) is 103 Å². The number of piperidine rings is 1. The second-order valence-electron chi connectivity index (χ2n) is 12.2. The lowest BCUT2D eigenvalue weighted by Crippen LogP contribution is -2.51. The van der Waals surface area contributed by atoms with Gasteiger partial charge in [-0.05, 0) is 82.2 Å². The minimum atomic E-state index is -0.540. The molecule has 232 valence electrons. The third kappa shape index (κ3) is 9.34. The van der Waals surface area contributed by atoms with Crippen molar-refractivity contribution in [1.29, 1.82) is 0 Å². The van der Waals surface area contributed by atoms with Crippen molar-refractivity contribution in [3.63, 3.8) is 0 Å². The predicted octanol–water partition coefficient (Wildman–Crippen LogP) is 6.11. The van der Waals surface area contributed by atoms with Crippen LogP contribution in [0.3, 0.4) is 0 Å². The van der Waals surface area contributed by atoms with Crippen LogP contribution >= 0.6 is 0 Å². The van der Waals surface area contributed by atoms with Gasteiger partial charge < -0.3 is 29.4 Å². The summed E-state index contributed by atoms with van der Waals surface area (Å²) in [5.41, 5.74) is 0.120. The Morgan fingerprint density at radius 1 is 1.02 bits per heavy atom. The molecule has 0 bridgehead atoms. The van der Waals surface area contributed by atoms with Crippen molar-refractivity contribution >= 4 is 11.9 Å². The van der Waals surface area contributed by atoms with Crippen LogP contribution in [0.2, 0.25) is 0 Å². The van der Waals surface area contributed by atoms with Crippen LogP contribution in [-0.4, -0.2) is 63.2 Å². The first-order valence-corrected chi connectivity index (χ1v) is 15.7. The van der Waals surface area contributed by atoms with Crippen LogP contribution < -0.4 is 10.1 Å². The Morgan fingerprint density at radius 3 is 2.39 bits per heavy atom. The molecule has 0 spiro atoms. The molecule has 2 atom stereocenters. The molecule has 1 saturated carbocycles. The molecule has 1 saturated heterocycles. The number of esters is 2. The lowest BCUT2D eigenvalue weighted by atomic mass is 9.68. The van der Waals surface area contributed by atoms with Gasteiger partial charge in [-0.25, -0.2) is 0 Å². The largest absolute Gasteiger partial charge is 0.504 e. The molecule has 1 aliphatic heterocycles. The van der Waals surface area contributed by atoms with Gasteiger partial charge in [0.05, 0.1) is 12.5 Å². The average molecular weight is 576 g/mol. The number of rotatable bonds is 16. The Labute approximate surface area is 246 Å². The van der Waals surface area contributed by atoms with E-state index in [9.17, 15) is 14.7 Å². The van der Waals surface area contributed by atoms with Crippen molar-refractivity contribution in [2.45, 2.75) is 116 Å². The first-order valence-electron chi connectivity index (χ1n) is 15.7. The minimum absolute atomic E-state index is 0.0989.